The van der Waals surface area contributed by atoms with Crippen LogP contribution in [0.15, 0.2) is 12.1 Å². The lowest BCUT2D eigenvalue weighted by atomic mass is 9.92. The summed E-state index contributed by atoms with van der Waals surface area (Å²) in [7, 11) is 0. The summed E-state index contributed by atoms with van der Waals surface area (Å²) in [5.41, 5.74) is 6.04. The van der Waals surface area contributed by atoms with Crippen LogP contribution in [-0.2, 0) is 6.54 Å². The third-order valence-electron chi connectivity index (χ3n) is 3.32. The van der Waals surface area contributed by atoms with Crippen LogP contribution >= 0.6 is 0 Å². The Morgan fingerprint density at radius 2 is 1.53 bits per heavy atom. The summed E-state index contributed by atoms with van der Waals surface area (Å²) < 4.78 is 0. The average molecular weight is 233 g/mol. The van der Waals surface area contributed by atoms with Gasteiger partial charge in [0.1, 0.15) is 0 Å². The van der Waals surface area contributed by atoms with E-state index in [9.17, 15) is 0 Å². The largest absolute Gasteiger partial charge is 0.313 e. The molecule has 0 amide bonds. The molecule has 1 heteroatoms. The smallest absolute Gasteiger partial charge is 0.0208 e. The van der Waals surface area contributed by atoms with Gasteiger partial charge in [-0.05, 0) is 61.4 Å². The van der Waals surface area contributed by atoms with Crippen molar-refractivity contribution < 1.29 is 0 Å². The summed E-state index contributed by atoms with van der Waals surface area (Å²) in [6.45, 7) is 15.5. The van der Waals surface area contributed by atoms with Gasteiger partial charge < -0.3 is 5.32 Å². The highest BCUT2D eigenvalue weighted by Gasteiger charge is 2.09. The van der Waals surface area contributed by atoms with Crippen molar-refractivity contribution in [2.24, 2.45) is 5.41 Å². The molecule has 0 aliphatic heterocycles. The molecule has 1 rings (SSSR count). The first-order valence-corrected chi connectivity index (χ1v) is 6.57. The fourth-order valence-corrected chi connectivity index (χ4v) is 1.90. The van der Waals surface area contributed by atoms with Gasteiger partial charge >= 0.3 is 0 Å². The van der Waals surface area contributed by atoms with E-state index in [-0.39, 0.29) is 0 Å². The Labute approximate surface area is 107 Å². The Hall–Kier alpha value is -0.820. The molecule has 1 N–H and O–H groups in total. The SMILES string of the molecule is Cc1cc(C)c(CNCCC(C)(C)C)cc1C. The van der Waals surface area contributed by atoms with Gasteiger partial charge in [0.05, 0.1) is 0 Å². The van der Waals surface area contributed by atoms with Gasteiger partial charge in [-0.1, -0.05) is 32.9 Å². The third kappa shape index (κ3) is 4.91. The quantitative estimate of drug-likeness (QED) is 0.771. The molecule has 0 saturated heterocycles. The van der Waals surface area contributed by atoms with Crippen LogP contribution in [-0.4, -0.2) is 6.54 Å². The number of hydrogen-bond donors (Lipinski definition) is 1. The van der Waals surface area contributed by atoms with E-state index in [4.69, 9.17) is 0 Å². The molecule has 0 aromatic heterocycles. The molecule has 1 nitrogen and oxygen atoms in total. The van der Waals surface area contributed by atoms with E-state index in [2.05, 4.69) is 59.0 Å². The zero-order valence-corrected chi connectivity index (χ0v) is 12.3. The van der Waals surface area contributed by atoms with Crippen molar-refractivity contribution in [2.75, 3.05) is 6.54 Å². The Bertz CT molecular complexity index is 372. The Morgan fingerprint density at radius 3 is 2.12 bits per heavy atom. The summed E-state index contributed by atoms with van der Waals surface area (Å²) in [4.78, 5) is 0. The van der Waals surface area contributed by atoms with Gasteiger partial charge in [0.2, 0.25) is 0 Å². The summed E-state index contributed by atoms with van der Waals surface area (Å²) in [6.07, 6.45) is 1.22. The van der Waals surface area contributed by atoms with Gasteiger partial charge in [0, 0.05) is 6.54 Å². The van der Waals surface area contributed by atoms with Crippen LogP contribution in [0.1, 0.15) is 49.4 Å². The molecule has 96 valence electrons. The minimum Gasteiger partial charge on any atom is -0.313 e. The maximum Gasteiger partial charge on any atom is 0.0208 e. The molecule has 1 aromatic carbocycles. The molecule has 0 bridgehead atoms. The van der Waals surface area contributed by atoms with E-state index < -0.39 is 0 Å². The van der Waals surface area contributed by atoms with E-state index in [0.29, 0.717) is 5.41 Å². The normalized spacial score (nSPS) is 11.9. The zero-order valence-electron chi connectivity index (χ0n) is 12.3. The molecule has 17 heavy (non-hydrogen) atoms. The van der Waals surface area contributed by atoms with Gasteiger partial charge in [0.15, 0.2) is 0 Å². The van der Waals surface area contributed by atoms with E-state index in [1.54, 1.807) is 0 Å². The molecule has 0 aliphatic carbocycles. The van der Waals surface area contributed by atoms with Crippen molar-refractivity contribution in [1.29, 1.82) is 0 Å². The van der Waals surface area contributed by atoms with Crippen molar-refractivity contribution in [3.63, 3.8) is 0 Å². The number of nitrogens with one attached hydrogen (secondary N) is 1. The van der Waals surface area contributed by atoms with Crippen LogP contribution in [0.4, 0.5) is 0 Å². The Kier molecular flexibility index (Phi) is 4.76. The van der Waals surface area contributed by atoms with Gasteiger partial charge in [-0.15, -0.1) is 0 Å². The van der Waals surface area contributed by atoms with Crippen molar-refractivity contribution in [2.45, 2.75) is 54.5 Å². The lowest BCUT2D eigenvalue weighted by molar-refractivity contribution is 0.366. The van der Waals surface area contributed by atoms with Gasteiger partial charge in [-0.3, -0.25) is 0 Å². The predicted octanol–water partition coefficient (Wildman–Crippen LogP) is 4.14. The number of aryl methyl sites for hydroxylation is 3. The highest BCUT2D eigenvalue weighted by Crippen LogP contribution is 2.18. The van der Waals surface area contributed by atoms with Crippen molar-refractivity contribution in [1.82, 2.24) is 5.32 Å². The van der Waals surface area contributed by atoms with Crippen LogP contribution in [0.5, 0.6) is 0 Å². The van der Waals surface area contributed by atoms with Crippen LogP contribution < -0.4 is 5.32 Å². The molecule has 0 atom stereocenters. The average Bonchev–Trinajstić information content (AvgIpc) is 2.18. The Balaban J connectivity index is 2.50. The van der Waals surface area contributed by atoms with Gasteiger partial charge in [-0.25, -0.2) is 0 Å². The molecule has 0 unspecified atom stereocenters. The summed E-state index contributed by atoms with van der Waals surface area (Å²) in [5, 5.41) is 3.55. The molecule has 0 saturated carbocycles. The lowest BCUT2D eigenvalue weighted by Gasteiger charge is -2.18. The van der Waals surface area contributed by atoms with E-state index >= 15 is 0 Å². The van der Waals surface area contributed by atoms with Crippen LogP contribution in [0.25, 0.3) is 0 Å². The van der Waals surface area contributed by atoms with Gasteiger partial charge in [-0.2, -0.15) is 0 Å². The molecule has 0 fully saturated rings. The fourth-order valence-electron chi connectivity index (χ4n) is 1.90. The van der Waals surface area contributed by atoms with E-state index in [0.717, 1.165) is 13.1 Å². The third-order valence-corrected chi connectivity index (χ3v) is 3.32. The van der Waals surface area contributed by atoms with E-state index in [1.807, 2.05) is 0 Å². The fraction of sp³-hybridized carbons (Fsp3) is 0.625. The van der Waals surface area contributed by atoms with Crippen LogP contribution in [0.2, 0.25) is 0 Å². The molecule has 0 aliphatic rings. The second-order valence-electron chi connectivity index (χ2n) is 6.35. The summed E-state index contributed by atoms with van der Waals surface area (Å²) in [5.74, 6) is 0. The molecular formula is C16H27N. The summed E-state index contributed by atoms with van der Waals surface area (Å²) >= 11 is 0. The molecule has 0 radical (unpaired) electrons. The lowest BCUT2D eigenvalue weighted by Crippen LogP contribution is -2.20. The highest BCUT2D eigenvalue weighted by molar-refractivity contribution is 5.36. The maximum absolute atomic E-state index is 3.55. The second kappa shape index (κ2) is 5.68. The van der Waals surface area contributed by atoms with Crippen LogP contribution in [0.3, 0.4) is 0 Å². The van der Waals surface area contributed by atoms with Crippen molar-refractivity contribution >= 4 is 0 Å². The molecule has 0 spiro atoms. The maximum atomic E-state index is 3.55. The Morgan fingerprint density at radius 1 is 0.941 bits per heavy atom. The minimum atomic E-state index is 0.422. The summed E-state index contributed by atoms with van der Waals surface area (Å²) in [6, 6.07) is 4.60. The molecule has 1 aromatic rings. The monoisotopic (exact) mass is 233 g/mol. The first kappa shape index (κ1) is 14.2. The van der Waals surface area contributed by atoms with Gasteiger partial charge in [0.25, 0.3) is 0 Å². The second-order valence-corrected chi connectivity index (χ2v) is 6.35. The minimum absolute atomic E-state index is 0.422. The number of hydrogen-bond acceptors (Lipinski definition) is 1. The first-order chi connectivity index (χ1) is 7.79. The van der Waals surface area contributed by atoms with Crippen molar-refractivity contribution in [3.05, 3.63) is 34.4 Å². The first-order valence-electron chi connectivity index (χ1n) is 6.57. The van der Waals surface area contributed by atoms with Crippen molar-refractivity contribution in [3.8, 4) is 0 Å². The number of rotatable bonds is 4. The predicted molar refractivity (Wildman–Crippen MR) is 76.4 cm³/mol. The van der Waals surface area contributed by atoms with E-state index in [1.165, 1.54) is 28.7 Å². The topological polar surface area (TPSA) is 12.0 Å². The number of benzene rings is 1. The zero-order chi connectivity index (χ0) is 13.1. The molecular weight excluding hydrogens is 206 g/mol. The highest BCUT2D eigenvalue weighted by atomic mass is 14.8. The van der Waals surface area contributed by atoms with Crippen LogP contribution in [0, 0.1) is 26.2 Å². The standard InChI is InChI=1S/C16H27N/c1-12-9-14(3)15(10-13(12)2)11-17-8-7-16(4,5)6/h9-10,17H,7-8,11H2,1-6H3. The molecule has 0 heterocycles.